The molecule has 1 heterocycles. The molecule has 8 nitrogen and oxygen atoms in total. The van der Waals surface area contributed by atoms with Crippen molar-refractivity contribution in [3.05, 3.63) is 60.2 Å². The molecule has 0 unspecified atom stereocenters. The molecule has 2 aromatic carbocycles. The number of ether oxygens (including phenoxy) is 1. The summed E-state index contributed by atoms with van der Waals surface area (Å²) in [6.07, 6.45) is 2.02. The van der Waals surface area contributed by atoms with Crippen molar-refractivity contribution in [1.29, 1.82) is 0 Å². The van der Waals surface area contributed by atoms with E-state index in [0.29, 0.717) is 41.3 Å². The third-order valence-corrected chi connectivity index (χ3v) is 4.52. The van der Waals surface area contributed by atoms with Crippen LogP contribution >= 0.6 is 11.8 Å². The Bertz CT molecular complexity index is 945. The molecule has 0 aliphatic heterocycles. The van der Waals surface area contributed by atoms with Crippen LogP contribution in [0.4, 0.5) is 11.6 Å². The van der Waals surface area contributed by atoms with Crippen molar-refractivity contribution >= 4 is 35.5 Å². The summed E-state index contributed by atoms with van der Waals surface area (Å²) in [7, 11) is 0. The standard InChI is InChI=1S/C20H22N6O2S/c1-2-28-17-11-7-6-10-16(17)22-18(27)12-13-29-20-23-19(25-26-20)24-21-14-15-8-4-3-5-9-15/h3-11,14H,2,12-13H2,1H3,(H,22,27)(H2,23,24,25,26)/b21-14-. The number of aromatic nitrogens is 3. The van der Waals surface area contributed by atoms with Crippen LogP contribution in [-0.2, 0) is 4.79 Å². The molecule has 29 heavy (non-hydrogen) atoms. The zero-order chi connectivity index (χ0) is 20.3. The molecule has 1 aromatic heterocycles. The Morgan fingerprint density at radius 1 is 1.21 bits per heavy atom. The molecule has 0 saturated carbocycles. The summed E-state index contributed by atoms with van der Waals surface area (Å²) >= 11 is 1.39. The fourth-order valence-electron chi connectivity index (χ4n) is 2.37. The van der Waals surface area contributed by atoms with Crippen LogP contribution in [0.2, 0.25) is 0 Å². The highest BCUT2D eigenvalue weighted by atomic mass is 32.2. The fraction of sp³-hybridized carbons (Fsp3) is 0.200. The van der Waals surface area contributed by atoms with Crippen molar-refractivity contribution < 1.29 is 9.53 Å². The molecule has 0 bridgehead atoms. The van der Waals surface area contributed by atoms with Crippen LogP contribution in [0.15, 0.2) is 64.9 Å². The predicted molar refractivity (Wildman–Crippen MR) is 116 cm³/mol. The Morgan fingerprint density at radius 2 is 2.00 bits per heavy atom. The molecule has 0 aliphatic rings. The molecule has 3 aromatic rings. The van der Waals surface area contributed by atoms with Gasteiger partial charge in [-0.25, -0.2) is 10.5 Å². The van der Waals surface area contributed by atoms with Gasteiger partial charge in [-0.05, 0) is 24.6 Å². The maximum atomic E-state index is 12.2. The molecule has 0 fully saturated rings. The number of H-pyrrole nitrogens is 1. The molecule has 150 valence electrons. The Balaban J connectivity index is 1.42. The van der Waals surface area contributed by atoms with E-state index in [1.54, 1.807) is 6.21 Å². The second kappa shape index (κ2) is 10.9. The number of amides is 1. The van der Waals surface area contributed by atoms with Crippen LogP contribution in [0.1, 0.15) is 18.9 Å². The fourth-order valence-corrected chi connectivity index (χ4v) is 3.10. The van der Waals surface area contributed by atoms with Gasteiger partial charge in [0.25, 0.3) is 0 Å². The van der Waals surface area contributed by atoms with Gasteiger partial charge in [0.05, 0.1) is 18.5 Å². The van der Waals surface area contributed by atoms with Gasteiger partial charge in [-0.3, -0.25) is 4.79 Å². The highest BCUT2D eigenvalue weighted by Crippen LogP contribution is 2.24. The molecule has 1 amide bonds. The topological polar surface area (TPSA) is 104 Å². The minimum atomic E-state index is -0.0917. The summed E-state index contributed by atoms with van der Waals surface area (Å²) in [4.78, 5) is 16.5. The highest BCUT2D eigenvalue weighted by molar-refractivity contribution is 7.99. The SMILES string of the molecule is CCOc1ccccc1NC(=O)CCSc1n[nH]c(N/N=C\c2ccccc2)n1. The lowest BCUT2D eigenvalue weighted by molar-refractivity contribution is -0.115. The Morgan fingerprint density at radius 3 is 2.83 bits per heavy atom. The molecule has 0 atom stereocenters. The molecule has 3 N–H and O–H groups in total. The molecular weight excluding hydrogens is 388 g/mol. The van der Waals surface area contributed by atoms with Gasteiger partial charge >= 0.3 is 0 Å². The Labute approximate surface area is 173 Å². The molecular formula is C20H22N6O2S. The van der Waals surface area contributed by atoms with Crippen LogP contribution in [0.25, 0.3) is 0 Å². The normalized spacial score (nSPS) is 10.8. The molecule has 9 heteroatoms. The zero-order valence-corrected chi connectivity index (χ0v) is 16.8. The maximum Gasteiger partial charge on any atom is 0.240 e. The van der Waals surface area contributed by atoms with Crippen molar-refractivity contribution in [3.8, 4) is 5.75 Å². The first kappa shape index (κ1) is 20.4. The largest absolute Gasteiger partial charge is 0.492 e. The second-order valence-corrected chi connectivity index (χ2v) is 6.89. The summed E-state index contributed by atoms with van der Waals surface area (Å²) in [6, 6.07) is 17.1. The zero-order valence-electron chi connectivity index (χ0n) is 16.0. The van der Waals surface area contributed by atoms with E-state index in [1.807, 2.05) is 61.5 Å². The summed E-state index contributed by atoms with van der Waals surface area (Å²) in [5.74, 6) is 1.56. The van der Waals surface area contributed by atoms with Gasteiger partial charge in [-0.1, -0.05) is 54.2 Å². The number of carbonyl (C=O) groups is 1. The van der Waals surface area contributed by atoms with Crippen molar-refractivity contribution in [2.75, 3.05) is 23.1 Å². The summed E-state index contributed by atoms with van der Waals surface area (Å²) in [5.41, 5.74) is 4.45. The van der Waals surface area contributed by atoms with Gasteiger partial charge in [0, 0.05) is 12.2 Å². The number of hydrogen-bond donors (Lipinski definition) is 3. The van der Waals surface area contributed by atoms with Gasteiger partial charge in [0.1, 0.15) is 5.75 Å². The number of anilines is 2. The number of nitrogens with zero attached hydrogens (tertiary/aromatic N) is 3. The van der Waals surface area contributed by atoms with Gasteiger partial charge < -0.3 is 10.1 Å². The second-order valence-electron chi connectivity index (χ2n) is 5.82. The van der Waals surface area contributed by atoms with Gasteiger partial charge in [0.2, 0.25) is 17.0 Å². The van der Waals surface area contributed by atoms with Crippen LogP contribution in [0.3, 0.4) is 0 Å². The van der Waals surface area contributed by atoms with E-state index in [-0.39, 0.29) is 5.91 Å². The van der Waals surface area contributed by atoms with Gasteiger partial charge in [-0.15, -0.1) is 5.10 Å². The molecule has 0 saturated heterocycles. The van der Waals surface area contributed by atoms with E-state index >= 15 is 0 Å². The van der Waals surface area contributed by atoms with E-state index in [0.717, 1.165) is 5.56 Å². The maximum absolute atomic E-state index is 12.2. The highest BCUT2D eigenvalue weighted by Gasteiger charge is 2.09. The molecule has 3 rings (SSSR count). The predicted octanol–water partition coefficient (Wildman–Crippen LogP) is 3.77. The van der Waals surface area contributed by atoms with E-state index in [9.17, 15) is 4.79 Å². The van der Waals surface area contributed by atoms with Crippen molar-refractivity contribution in [2.45, 2.75) is 18.5 Å². The summed E-state index contributed by atoms with van der Waals surface area (Å²) < 4.78 is 5.51. The molecule has 0 aliphatic carbocycles. The van der Waals surface area contributed by atoms with Crippen molar-refractivity contribution in [3.63, 3.8) is 0 Å². The van der Waals surface area contributed by atoms with Gasteiger partial charge in [0.15, 0.2) is 0 Å². The van der Waals surface area contributed by atoms with E-state index in [1.165, 1.54) is 11.8 Å². The van der Waals surface area contributed by atoms with Crippen molar-refractivity contribution in [1.82, 2.24) is 15.2 Å². The monoisotopic (exact) mass is 410 g/mol. The number of benzene rings is 2. The average molecular weight is 411 g/mol. The third-order valence-electron chi connectivity index (χ3n) is 3.67. The quantitative estimate of drug-likeness (QED) is 0.267. The summed E-state index contributed by atoms with van der Waals surface area (Å²) in [6.45, 7) is 2.45. The van der Waals surface area contributed by atoms with Crippen LogP contribution in [-0.4, -0.2) is 39.7 Å². The lowest BCUT2D eigenvalue weighted by atomic mass is 10.2. The number of rotatable bonds is 10. The minimum absolute atomic E-state index is 0.0917. The number of hydrogen-bond acceptors (Lipinski definition) is 7. The van der Waals surface area contributed by atoms with Crippen LogP contribution in [0.5, 0.6) is 5.75 Å². The van der Waals surface area contributed by atoms with E-state index < -0.39 is 0 Å². The van der Waals surface area contributed by atoms with Crippen molar-refractivity contribution in [2.24, 2.45) is 5.10 Å². The first-order chi connectivity index (χ1) is 14.2. The number of aromatic amines is 1. The number of carbonyl (C=O) groups excluding carboxylic acids is 1. The number of para-hydroxylation sites is 2. The number of thioether (sulfide) groups is 1. The number of hydrazone groups is 1. The first-order valence-corrected chi connectivity index (χ1v) is 10.1. The van der Waals surface area contributed by atoms with E-state index in [4.69, 9.17) is 4.74 Å². The van der Waals surface area contributed by atoms with Crippen LogP contribution < -0.4 is 15.5 Å². The molecule has 0 spiro atoms. The molecule has 0 radical (unpaired) electrons. The number of nitrogens with one attached hydrogen (secondary N) is 3. The Hall–Kier alpha value is -3.33. The first-order valence-electron chi connectivity index (χ1n) is 9.15. The van der Waals surface area contributed by atoms with E-state index in [2.05, 4.69) is 31.0 Å². The Kier molecular flexibility index (Phi) is 7.64. The lowest BCUT2D eigenvalue weighted by Gasteiger charge is -2.10. The average Bonchev–Trinajstić information content (AvgIpc) is 3.18. The third kappa shape index (κ3) is 6.65. The van der Waals surface area contributed by atoms with Gasteiger partial charge in [-0.2, -0.15) is 10.1 Å². The lowest BCUT2D eigenvalue weighted by Crippen LogP contribution is -2.13. The minimum Gasteiger partial charge on any atom is -0.492 e. The van der Waals surface area contributed by atoms with Crippen LogP contribution in [0, 0.1) is 0 Å². The smallest absolute Gasteiger partial charge is 0.240 e. The summed E-state index contributed by atoms with van der Waals surface area (Å²) in [5, 5.41) is 14.4.